The summed E-state index contributed by atoms with van der Waals surface area (Å²) in [7, 11) is 0. The van der Waals surface area contributed by atoms with Crippen LogP contribution in [0.5, 0.6) is 0 Å². The minimum absolute atomic E-state index is 0.287. The standard InChI is InChI=1S/C4H7ClO/c1-3(5)4(2)6/h4,6H,1H2,2H3. The molecule has 0 heterocycles. The summed E-state index contributed by atoms with van der Waals surface area (Å²) in [6, 6.07) is 0. The molecule has 0 aliphatic rings. The second-order valence-corrected chi connectivity index (χ2v) is 1.61. The highest BCUT2D eigenvalue weighted by molar-refractivity contribution is 6.29. The molecular formula is C4H7ClO. The van der Waals surface area contributed by atoms with Crippen LogP contribution in [0.3, 0.4) is 0 Å². The van der Waals surface area contributed by atoms with Crippen LogP contribution in [0.1, 0.15) is 6.92 Å². The Bertz CT molecular complexity index is 58.6. The van der Waals surface area contributed by atoms with Crippen LogP contribution in [0.15, 0.2) is 11.6 Å². The van der Waals surface area contributed by atoms with Gasteiger partial charge < -0.3 is 5.11 Å². The Balaban J connectivity index is 3.26. The van der Waals surface area contributed by atoms with Crippen molar-refractivity contribution >= 4 is 11.6 Å². The lowest BCUT2D eigenvalue weighted by molar-refractivity contribution is 0.240. The first-order valence-corrected chi connectivity index (χ1v) is 2.04. The van der Waals surface area contributed by atoms with E-state index in [0.29, 0.717) is 0 Å². The second-order valence-electron chi connectivity index (χ2n) is 1.12. The van der Waals surface area contributed by atoms with E-state index in [-0.39, 0.29) is 5.03 Å². The highest BCUT2D eigenvalue weighted by Crippen LogP contribution is 2.00. The molecule has 0 saturated carbocycles. The molecule has 0 saturated heterocycles. The number of aliphatic hydroxyl groups is 1. The molecule has 0 rings (SSSR count). The molecule has 0 amide bonds. The molecule has 0 aromatic carbocycles. The maximum absolute atomic E-state index is 8.40. The van der Waals surface area contributed by atoms with Crippen molar-refractivity contribution in [1.82, 2.24) is 0 Å². The molecule has 1 unspecified atom stereocenters. The van der Waals surface area contributed by atoms with Crippen molar-refractivity contribution in [2.75, 3.05) is 0 Å². The van der Waals surface area contributed by atoms with Gasteiger partial charge in [0, 0.05) is 5.03 Å². The minimum atomic E-state index is -0.577. The smallest absolute Gasteiger partial charge is 0.0861 e. The summed E-state index contributed by atoms with van der Waals surface area (Å²) in [5.74, 6) is 0. The van der Waals surface area contributed by atoms with Gasteiger partial charge in [0.05, 0.1) is 6.10 Å². The third-order valence-corrected chi connectivity index (χ3v) is 0.769. The molecule has 1 nitrogen and oxygen atoms in total. The minimum Gasteiger partial charge on any atom is -0.388 e. The molecule has 2 heteroatoms. The average Bonchev–Trinajstić information content (AvgIpc) is 1.36. The van der Waals surface area contributed by atoms with Crippen LogP contribution in [0.2, 0.25) is 0 Å². The highest BCUT2D eigenvalue weighted by atomic mass is 35.5. The van der Waals surface area contributed by atoms with Crippen LogP contribution in [0.25, 0.3) is 0 Å². The third-order valence-electron chi connectivity index (χ3n) is 0.453. The van der Waals surface area contributed by atoms with E-state index in [1.807, 2.05) is 0 Å². The lowest BCUT2D eigenvalue weighted by atomic mass is 10.4. The van der Waals surface area contributed by atoms with E-state index in [1.54, 1.807) is 6.92 Å². The highest BCUT2D eigenvalue weighted by Gasteiger charge is 1.92. The monoisotopic (exact) mass is 106 g/mol. The molecule has 6 heavy (non-hydrogen) atoms. The molecule has 0 fully saturated rings. The van der Waals surface area contributed by atoms with Gasteiger partial charge in [-0.25, -0.2) is 0 Å². The Hall–Kier alpha value is -0.0100. The summed E-state index contributed by atoms with van der Waals surface area (Å²) >= 11 is 5.17. The lowest BCUT2D eigenvalue weighted by Gasteiger charge is -1.94. The van der Waals surface area contributed by atoms with Crippen molar-refractivity contribution in [3.05, 3.63) is 11.6 Å². The van der Waals surface area contributed by atoms with Crippen molar-refractivity contribution in [2.24, 2.45) is 0 Å². The number of hydrogen-bond acceptors (Lipinski definition) is 1. The first-order chi connectivity index (χ1) is 2.64. The lowest BCUT2D eigenvalue weighted by Crippen LogP contribution is -1.95. The van der Waals surface area contributed by atoms with Crippen molar-refractivity contribution in [3.63, 3.8) is 0 Å². The zero-order chi connectivity index (χ0) is 5.15. The maximum atomic E-state index is 8.40. The van der Waals surface area contributed by atoms with E-state index in [2.05, 4.69) is 6.58 Å². The van der Waals surface area contributed by atoms with Crippen LogP contribution in [-0.2, 0) is 0 Å². The second kappa shape index (κ2) is 2.21. The predicted molar refractivity (Wildman–Crippen MR) is 26.7 cm³/mol. The SMILES string of the molecule is C=C(Cl)C(C)O. The van der Waals surface area contributed by atoms with Crippen LogP contribution in [-0.4, -0.2) is 11.2 Å². The van der Waals surface area contributed by atoms with Gasteiger partial charge in [0.2, 0.25) is 0 Å². The molecule has 0 aliphatic heterocycles. The van der Waals surface area contributed by atoms with Crippen molar-refractivity contribution in [2.45, 2.75) is 13.0 Å². The summed E-state index contributed by atoms with van der Waals surface area (Å²) in [6.07, 6.45) is -0.577. The van der Waals surface area contributed by atoms with Gasteiger partial charge in [0.15, 0.2) is 0 Å². The van der Waals surface area contributed by atoms with Crippen LogP contribution < -0.4 is 0 Å². The zero-order valence-corrected chi connectivity index (χ0v) is 4.37. The Labute approximate surface area is 42.2 Å². The quantitative estimate of drug-likeness (QED) is 0.531. The average molecular weight is 107 g/mol. The van der Waals surface area contributed by atoms with E-state index in [9.17, 15) is 0 Å². The summed E-state index contributed by atoms with van der Waals surface area (Å²) in [5.41, 5.74) is 0. The van der Waals surface area contributed by atoms with E-state index in [4.69, 9.17) is 16.7 Å². The van der Waals surface area contributed by atoms with E-state index in [0.717, 1.165) is 0 Å². The number of hydrogen-bond donors (Lipinski definition) is 1. The van der Waals surface area contributed by atoms with E-state index >= 15 is 0 Å². The van der Waals surface area contributed by atoms with Gasteiger partial charge in [-0.15, -0.1) is 0 Å². The van der Waals surface area contributed by atoms with E-state index < -0.39 is 6.10 Å². The molecule has 1 N–H and O–H groups in total. The van der Waals surface area contributed by atoms with Crippen molar-refractivity contribution < 1.29 is 5.11 Å². The van der Waals surface area contributed by atoms with Gasteiger partial charge in [-0.05, 0) is 6.92 Å². The normalized spacial score (nSPS) is 13.8. The summed E-state index contributed by atoms with van der Waals surface area (Å²) in [5, 5.41) is 8.69. The van der Waals surface area contributed by atoms with Gasteiger partial charge >= 0.3 is 0 Å². The van der Waals surface area contributed by atoms with Gasteiger partial charge in [-0.2, -0.15) is 0 Å². The topological polar surface area (TPSA) is 20.2 Å². The van der Waals surface area contributed by atoms with Gasteiger partial charge in [-0.3, -0.25) is 0 Å². The molecule has 1 atom stereocenters. The molecule has 0 aromatic rings. The molecule has 0 bridgehead atoms. The zero-order valence-electron chi connectivity index (χ0n) is 3.61. The third kappa shape index (κ3) is 2.24. The molecule has 36 valence electrons. The number of rotatable bonds is 1. The largest absolute Gasteiger partial charge is 0.388 e. The van der Waals surface area contributed by atoms with Gasteiger partial charge in [-0.1, -0.05) is 18.2 Å². The van der Waals surface area contributed by atoms with E-state index in [1.165, 1.54) is 0 Å². The summed E-state index contributed by atoms with van der Waals surface area (Å²) < 4.78 is 0. The van der Waals surface area contributed by atoms with Gasteiger partial charge in [0.25, 0.3) is 0 Å². The van der Waals surface area contributed by atoms with Crippen molar-refractivity contribution in [3.8, 4) is 0 Å². The maximum Gasteiger partial charge on any atom is 0.0861 e. The fourth-order valence-electron chi connectivity index (χ4n) is 0. The number of aliphatic hydroxyl groups excluding tert-OH is 1. The molecule has 0 spiro atoms. The predicted octanol–water partition coefficient (Wildman–Crippen LogP) is 1.12. The van der Waals surface area contributed by atoms with Gasteiger partial charge in [0.1, 0.15) is 0 Å². The van der Waals surface area contributed by atoms with Crippen molar-refractivity contribution in [1.29, 1.82) is 0 Å². The molecule has 0 aromatic heterocycles. The van der Waals surface area contributed by atoms with Crippen LogP contribution in [0.4, 0.5) is 0 Å². The van der Waals surface area contributed by atoms with Crippen LogP contribution >= 0.6 is 11.6 Å². The first-order valence-electron chi connectivity index (χ1n) is 1.67. The Morgan fingerprint density at radius 1 is 2.00 bits per heavy atom. The van der Waals surface area contributed by atoms with Crippen LogP contribution in [0, 0.1) is 0 Å². The Morgan fingerprint density at radius 3 is 2.17 bits per heavy atom. The molecule has 0 aliphatic carbocycles. The Morgan fingerprint density at radius 2 is 2.17 bits per heavy atom. The fraction of sp³-hybridized carbons (Fsp3) is 0.500. The summed E-state index contributed by atoms with van der Waals surface area (Å²) in [6.45, 7) is 4.83. The summed E-state index contributed by atoms with van der Waals surface area (Å²) in [4.78, 5) is 0. The fourth-order valence-corrected chi connectivity index (χ4v) is 0. The molecule has 0 radical (unpaired) electrons. The first kappa shape index (κ1) is 5.99. The Kier molecular flexibility index (Phi) is 2.21. The number of halogens is 1. The molecular weight excluding hydrogens is 99.5 g/mol.